The first-order valence-electron chi connectivity index (χ1n) is 8.84. The van der Waals surface area contributed by atoms with Gasteiger partial charge < -0.3 is 9.80 Å². The average Bonchev–Trinajstić information content (AvgIpc) is 3.06. The first-order chi connectivity index (χ1) is 12.2. The molecule has 0 aromatic carbocycles. The zero-order chi connectivity index (χ0) is 17.0. The third kappa shape index (κ3) is 2.66. The van der Waals surface area contributed by atoms with Gasteiger partial charge >= 0.3 is 6.03 Å². The van der Waals surface area contributed by atoms with Crippen molar-refractivity contribution < 1.29 is 4.79 Å². The number of likely N-dealkylation sites (N-methyl/N-ethyl adjacent to an activating group) is 1. The zero-order valence-electron chi connectivity index (χ0n) is 14.2. The van der Waals surface area contributed by atoms with E-state index in [1.165, 1.54) is 24.4 Å². The van der Waals surface area contributed by atoms with E-state index in [9.17, 15) is 4.79 Å². The van der Waals surface area contributed by atoms with Gasteiger partial charge in [-0.1, -0.05) is 0 Å². The fourth-order valence-electron chi connectivity index (χ4n) is 3.55. The van der Waals surface area contributed by atoms with Gasteiger partial charge in [-0.3, -0.25) is 9.58 Å². The molecule has 1 aliphatic carbocycles. The van der Waals surface area contributed by atoms with Crippen LogP contribution in [0.5, 0.6) is 0 Å². The molecule has 1 unspecified atom stereocenters. The molecule has 1 atom stereocenters. The first-order valence-corrected chi connectivity index (χ1v) is 9.62. The van der Waals surface area contributed by atoms with Crippen molar-refractivity contribution in [2.75, 3.05) is 43.0 Å². The number of rotatable bonds is 4. The van der Waals surface area contributed by atoms with Gasteiger partial charge in [-0.25, -0.2) is 9.78 Å². The quantitative estimate of drug-likeness (QED) is 0.834. The molecule has 5 rings (SSSR count). The van der Waals surface area contributed by atoms with Gasteiger partial charge in [0.15, 0.2) is 0 Å². The number of amides is 2. The molecule has 3 aliphatic rings. The molecule has 25 heavy (non-hydrogen) atoms. The third-order valence-corrected chi connectivity index (χ3v) is 6.09. The molecule has 2 amide bonds. The Kier molecular flexibility index (Phi) is 3.44. The van der Waals surface area contributed by atoms with Gasteiger partial charge in [-0.05, 0) is 19.3 Å². The van der Waals surface area contributed by atoms with Crippen molar-refractivity contribution in [3.8, 4) is 0 Å². The van der Waals surface area contributed by atoms with Crippen LogP contribution in [0, 0.1) is 0 Å². The number of carbonyl (C=O) groups excluding carboxylic acids is 1. The maximum absolute atomic E-state index is 12.1. The Labute approximate surface area is 150 Å². The number of hydrogen-bond donors (Lipinski definition) is 0. The molecular weight excluding hydrogens is 338 g/mol. The summed E-state index contributed by atoms with van der Waals surface area (Å²) in [6, 6.07) is 0.367. The predicted molar refractivity (Wildman–Crippen MR) is 95.4 cm³/mol. The fraction of sp³-hybridized carbons (Fsp3) is 0.625. The van der Waals surface area contributed by atoms with Crippen LogP contribution >= 0.6 is 11.5 Å². The van der Waals surface area contributed by atoms with E-state index >= 15 is 0 Å². The Bertz CT molecular complexity index is 798. The Balaban J connectivity index is 1.27. The standard InChI is InChI=1S/C16H21N7OS/c1-20-6-7-22(16(20)24)13-8-17-23(10-13)12-4-5-21(9-12)15-18-14(19-25-15)11-2-3-11/h8,10-12H,2-7,9H2,1H3. The van der Waals surface area contributed by atoms with Crippen LogP contribution in [0.1, 0.15) is 37.0 Å². The van der Waals surface area contributed by atoms with E-state index in [4.69, 9.17) is 4.98 Å². The average molecular weight is 359 g/mol. The van der Waals surface area contributed by atoms with Gasteiger partial charge in [0.1, 0.15) is 5.82 Å². The van der Waals surface area contributed by atoms with Gasteiger partial charge in [0.05, 0.1) is 17.9 Å². The summed E-state index contributed by atoms with van der Waals surface area (Å²) in [7, 11) is 1.83. The highest BCUT2D eigenvalue weighted by Crippen LogP contribution is 2.40. The number of anilines is 2. The van der Waals surface area contributed by atoms with Crippen molar-refractivity contribution in [2.45, 2.75) is 31.2 Å². The summed E-state index contributed by atoms with van der Waals surface area (Å²) in [5.74, 6) is 1.63. The van der Waals surface area contributed by atoms with Gasteiger partial charge in [0.2, 0.25) is 5.13 Å². The topological polar surface area (TPSA) is 70.4 Å². The lowest BCUT2D eigenvalue weighted by atomic mass is 10.3. The summed E-state index contributed by atoms with van der Waals surface area (Å²) in [4.78, 5) is 22.7. The smallest absolute Gasteiger partial charge is 0.324 e. The highest BCUT2D eigenvalue weighted by Gasteiger charge is 2.32. The SMILES string of the molecule is CN1CCN(c2cnn(C3CCN(c4nc(C5CC5)ns4)C3)c2)C1=O. The Morgan fingerprint density at radius 2 is 2.08 bits per heavy atom. The van der Waals surface area contributed by atoms with Crippen LogP contribution in [0.3, 0.4) is 0 Å². The molecule has 0 bridgehead atoms. The second-order valence-corrected chi connectivity index (χ2v) is 7.86. The van der Waals surface area contributed by atoms with Crippen molar-refractivity contribution in [3.63, 3.8) is 0 Å². The molecule has 9 heteroatoms. The van der Waals surface area contributed by atoms with Gasteiger partial charge in [-0.2, -0.15) is 9.47 Å². The van der Waals surface area contributed by atoms with E-state index in [0.29, 0.717) is 12.0 Å². The van der Waals surface area contributed by atoms with Crippen molar-refractivity contribution in [3.05, 3.63) is 18.2 Å². The third-order valence-electron chi connectivity index (χ3n) is 5.30. The van der Waals surface area contributed by atoms with Crippen molar-refractivity contribution in [1.29, 1.82) is 0 Å². The molecule has 2 aliphatic heterocycles. The van der Waals surface area contributed by atoms with Crippen LogP contribution in [-0.4, -0.2) is 63.3 Å². The van der Waals surface area contributed by atoms with Crippen LogP contribution < -0.4 is 9.80 Å². The fourth-order valence-corrected chi connectivity index (χ4v) is 4.33. The Morgan fingerprint density at radius 3 is 2.84 bits per heavy atom. The predicted octanol–water partition coefficient (Wildman–Crippen LogP) is 1.94. The van der Waals surface area contributed by atoms with Crippen LogP contribution in [-0.2, 0) is 0 Å². The lowest BCUT2D eigenvalue weighted by molar-refractivity contribution is 0.229. The molecule has 4 heterocycles. The van der Waals surface area contributed by atoms with E-state index < -0.39 is 0 Å². The number of nitrogens with zero attached hydrogens (tertiary/aromatic N) is 7. The molecule has 0 radical (unpaired) electrons. The van der Waals surface area contributed by atoms with Crippen molar-refractivity contribution in [1.82, 2.24) is 24.0 Å². The van der Waals surface area contributed by atoms with E-state index in [0.717, 1.165) is 49.2 Å². The summed E-state index contributed by atoms with van der Waals surface area (Å²) < 4.78 is 6.51. The summed E-state index contributed by atoms with van der Waals surface area (Å²) in [6.45, 7) is 3.37. The largest absolute Gasteiger partial charge is 0.345 e. The highest BCUT2D eigenvalue weighted by atomic mass is 32.1. The lowest BCUT2D eigenvalue weighted by Gasteiger charge is -2.15. The van der Waals surface area contributed by atoms with Gasteiger partial charge in [-0.15, -0.1) is 0 Å². The molecule has 2 aromatic rings. The van der Waals surface area contributed by atoms with E-state index in [1.54, 1.807) is 16.0 Å². The number of hydrogen-bond acceptors (Lipinski definition) is 6. The molecule has 8 nitrogen and oxygen atoms in total. The van der Waals surface area contributed by atoms with Crippen molar-refractivity contribution >= 4 is 28.4 Å². The highest BCUT2D eigenvalue weighted by molar-refractivity contribution is 7.09. The summed E-state index contributed by atoms with van der Waals surface area (Å²) >= 11 is 1.52. The second kappa shape index (κ2) is 5.69. The number of urea groups is 1. The van der Waals surface area contributed by atoms with Gasteiger partial charge in [0, 0.05) is 56.9 Å². The molecule has 3 fully saturated rings. The molecular formula is C16H21N7OS. The van der Waals surface area contributed by atoms with Crippen molar-refractivity contribution in [2.24, 2.45) is 0 Å². The van der Waals surface area contributed by atoms with E-state index in [1.807, 2.05) is 17.9 Å². The summed E-state index contributed by atoms with van der Waals surface area (Å²) in [5, 5.41) is 5.55. The molecule has 2 aromatic heterocycles. The van der Waals surface area contributed by atoms with Gasteiger partial charge in [0.25, 0.3) is 0 Å². The minimum atomic E-state index is 0.0501. The molecule has 0 spiro atoms. The Hall–Kier alpha value is -2.16. The molecule has 132 valence electrons. The van der Waals surface area contributed by atoms with E-state index in [-0.39, 0.29) is 6.03 Å². The minimum absolute atomic E-state index is 0.0501. The summed E-state index contributed by atoms with van der Waals surface area (Å²) in [5.41, 5.74) is 0.889. The first kappa shape index (κ1) is 15.1. The van der Waals surface area contributed by atoms with Crippen LogP contribution in [0.2, 0.25) is 0 Å². The molecule has 2 saturated heterocycles. The van der Waals surface area contributed by atoms with Crippen LogP contribution in [0.15, 0.2) is 12.4 Å². The number of aromatic nitrogens is 4. The Morgan fingerprint density at radius 1 is 1.20 bits per heavy atom. The minimum Gasteiger partial charge on any atom is -0.345 e. The zero-order valence-corrected chi connectivity index (χ0v) is 15.0. The monoisotopic (exact) mass is 359 g/mol. The second-order valence-electron chi connectivity index (χ2n) is 7.13. The normalized spacial score (nSPS) is 24.0. The van der Waals surface area contributed by atoms with E-state index in [2.05, 4.69) is 14.4 Å². The summed E-state index contributed by atoms with van der Waals surface area (Å²) in [6.07, 6.45) is 7.31. The maximum atomic E-state index is 12.1. The molecule has 0 N–H and O–H groups in total. The number of carbonyl (C=O) groups is 1. The molecule has 1 saturated carbocycles. The van der Waals surface area contributed by atoms with Crippen LogP contribution in [0.25, 0.3) is 0 Å². The lowest BCUT2D eigenvalue weighted by Crippen LogP contribution is -2.28. The van der Waals surface area contributed by atoms with Crippen LogP contribution in [0.4, 0.5) is 15.6 Å². The maximum Gasteiger partial charge on any atom is 0.324 e.